The van der Waals surface area contributed by atoms with Crippen molar-refractivity contribution in [1.82, 2.24) is 10.3 Å². The molecule has 0 spiro atoms. The van der Waals surface area contributed by atoms with Crippen LogP contribution in [0.2, 0.25) is 0 Å². The number of carbonyl (C=O) groups excluding carboxylic acids is 1. The molecule has 34 heavy (non-hydrogen) atoms. The van der Waals surface area contributed by atoms with Crippen LogP contribution in [-0.2, 0) is 10.5 Å². The maximum absolute atomic E-state index is 14.2. The van der Waals surface area contributed by atoms with Crippen molar-refractivity contribution in [2.75, 3.05) is 6.54 Å². The fourth-order valence-electron chi connectivity index (χ4n) is 4.50. The molecule has 1 aliphatic rings. The minimum atomic E-state index is -2.88. The summed E-state index contributed by atoms with van der Waals surface area (Å²) >= 11 is 1.73. The number of nitrogens with zero attached hydrogens (tertiary/aromatic N) is 2. The fourth-order valence-corrected chi connectivity index (χ4v) is 5.35. The van der Waals surface area contributed by atoms with Crippen molar-refractivity contribution in [3.05, 3.63) is 84.2 Å². The molecule has 2 atom stereocenters. The molecule has 3 aromatic rings. The Bertz CT molecular complexity index is 1160. The lowest BCUT2D eigenvalue weighted by molar-refractivity contribution is -0.133. The summed E-state index contributed by atoms with van der Waals surface area (Å²) in [6.07, 6.45) is 3.02. The van der Waals surface area contributed by atoms with Crippen LogP contribution < -0.4 is 5.32 Å². The van der Waals surface area contributed by atoms with Crippen LogP contribution in [0.1, 0.15) is 36.3 Å². The van der Waals surface area contributed by atoms with E-state index in [0.717, 1.165) is 27.3 Å². The number of thioether (sulfide) groups is 1. The van der Waals surface area contributed by atoms with Crippen LogP contribution in [0.3, 0.4) is 0 Å². The van der Waals surface area contributed by atoms with Gasteiger partial charge in [0.15, 0.2) is 0 Å². The highest BCUT2D eigenvalue weighted by Gasteiger charge is 2.45. The highest BCUT2D eigenvalue weighted by atomic mass is 32.2. The molecule has 0 radical (unpaired) electrons. The normalized spacial score (nSPS) is 19.2. The number of nitrogens with one attached hydrogen (secondary N) is 1. The zero-order valence-electron chi connectivity index (χ0n) is 18.6. The lowest BCUT2D eigenvalue weighted by Crippen LogP contribution is -2.41. The van der Waals surface area contributed by atoms with Crippen molar-refractivity contribution in [3.8, 4) is 17.2 Å². The van der Waals surface area contributed by atoms with Gasteiger partial charge >= 0.3 is 0 Å². The molecule has 174 valence electrons. The molecule has 1 amide bonds. The molecule has 0 unspecified atom stereocenters. The Morgan fingerprint density at radius 3 is 2.59 bits per heavy atom. The number of amides is 1. The monoisotopic (exact) mass is 477 g/mol. The average molecular weight is 478 g/mol. The smallest absolute Gasteiger partial charge is 0.249 e. The number of benzene rings is 2. The Balaban J connectivity index is 1.57. The summed E-state index contributed by atoms with van der Waals surface area (Å²) in [7, 11) is 0. The van der Waals surface area contributed by atoms with Gasteiger partial charge in [-0.3, -0.25) is 9.78 Å². The molecule has 2 aromatic carbocycles. The van der Waals surface area contributed by atoms with Crippen molar-refractivity contribution in [2.24, 2.45) is 5.92 Å². The molecule has 1 aliphatic carbocycles. The predicted octanol–water partition coefficient (Wildman–Crippen LogP) is 6.20. The largest absolute Gasteiger partial charge is 0.343 e. The van der Waals surface area contributed by atoms with Gasteiger partial charge in [0.1, 0.15) is 6.54 Å². The van der Waals surface area contributed by atoms with Crippen LogP contribution in [0.5, 0.6) is 0 Å². The van der Waals surface area contributed by atoms with E-state index in [-0.39, 0.29) is 25.3 Å². The number of aromatic nitrogens is 1. The van der Waals surface area contributed by atoms with E-state index in [1.54, 1.807) is 24.2 Å². The Morgan fingerprint density at radius 1 is 1.12 bits per heavy atom. The van der Waals surface area contributed by atoms with Gasteiger partial charge in [0, 0.05) is 35.9 Å². The molecule has 1 saturated carbocycles. The Morgan fingerprint density at radius 2 is 1.85 bits per heavy atom. The molecular weight excluding hydrogens is 452 g/mol. The first-order valence-electron chi connectivity index (χ1n) is 11.2. The second kappa shape index (κ2) is 10.8. The summed E-state index contributed by atoms with van der Waals surface area (Å²) in [6, 6.07) is 21.8. The zero-order valence-corrected chi connectivity index (χ0v) is 19.4. The standard InChI is InChI=1S/C27H25F2N3OS/c28-27(29)12-9-24(25(17-27)26(33)32-16-13-30)23-4-2-1-3-22(23)20-5-7-21(8-6-20)34-18-19-10-14-31-15-11-19/h1-8,10-11,14-15,24-25H,9,12,16-18H2,(H,32,33)/t24-,25+/m0/s1. The number of hydrogen-bond donors (Lipinski definition) is 1. The van der Waals surface area contributed by atoms with E-state index < -0.39 is 24.2 Å². The van der Waals surface area contributed by atoms with E-state index in [1.165, 1.54) is 5.56 Å². The lowest BCUT2D eigenvalue weighted by Gasteiger charge is -2.36. The van der Waals surface area contributed by atoms with E-state index >= 15 is 0 Å². The van der Waals surface area contributed by atoms with E-state index in [4.69, 9.17) is 5.26 Å². The molecule has 1 N–H and O–H groups in total. The molecule has 1 fully saturated rings. The van der Waals surface area contributed by atoms with E-state index in [9.17, 15) is 13.6 Å². The SMILES string of the molecule is N#CCNC(=O)[C@@H]1CC(F)(F)CC[C@H]1c1ccccc1-c1ccc(SCc2ccncc2)cc1. The van der Waals surface area contributed by atoms with Gasteiger partial charge in [0.25, 0.3) is 0 Å². The molecule has 4 rings (SSSR count). The Hall–Kier alpha value is -3.24. The van der Waals surface area contributed by atoms with E-state index in [2.05, 4.69) is 22.4 Å². The first-order valence-corrected chi connectivity index (χ1v) is 12.2. The maximum atomic E-state index is 14.2. The summed E-state index contributed by atoms with van der Waals surface area (Å²) in [6.45, 7) is -0.187. The van der Waals surface area contributed by atoms with Crippen LogP contribution in [0.15, 0.2) is 78.0 Å². The first kappa shape index (κ1) is 23.9. The fraction of sp³-hybridized carbons (Fsp3) is 0.296. The van der Waals surface area contributed by atoms with Crippen LogP contribution in [0.25, 0.3) is 11.1 Å². The van der Waals surface area contributed by atoms with Gasteiger partial charge in [-0.25, -0.2) is 8.78 Å². The summed E-state index contributed by atoms with van der Waals surface area (Å²) in [5, 5.41) is 11.3. The van der Waals surface area contributed by atoms with Gasteiger partial charge < -0.3 is 5.32 Å². The molecule has 0 bridgehead atoms. The van der Waals surface area contributed by atoms with Crippen LogP contribution >= 0.6 is 11.8 Å². The zero-order chi connectivity index (χ0) is 24.0. The number of rotatable bonds is 7. The molecule has 0 aliphatic heterocycles. The quantitative estimate of drug-likeness (QED) is 0.325. The average Bonchev–Trinajstić information content (AvgIpc) is 2.86. The molecule has 1 aromatic heterocycles. The Labute approximate surface area is 202 Å². The van der Waals surface area contributed by atoms with Crippen molar-refractivity contribution in [2.45, 2.75) is 41.8 Å². The molecule has 4 nitrogen and oxygen atoms in total. The van der Waals surface area contributed by atoms with Gasteiger partial charge in [-0.05, 0) is 58.9 Å². The highest BCUT2D eigenvalue weighted by molar-refractivity contribution is 7.98. The second-order valence-electron chi connectivity index (χ2n) is 8.44. The number of pyridine rings is 1. The van der Waals surface area contributed by atoms with Gasteiger partial charge in [-0.1, -0.05) is 36.4 Å². The topological polar surface area (TPSA) is 65.8 Å². The van der Waals surface area contributed by atoms with Crippen molar-refractivity contribution in [3.63, 3.8) is 0 Å². The molecular formula is C27H25F2N3OS. The third kappa shape index (κ3) is 5.81. The predicted molar refractivity (Wildman–Crippen MR) is 129 cm³/mol. The summed E-state index contributed by atoms with van der Waals surface area (Å²) in [5.41, 5.74) is 4.02. The third-order valence-electron chi connectivity index (χ3n) is 6.18. The number of alkyl halides is 2. The van der Waals surface area contributed by atoms with Gasteiger partial charge in [-0.15, -0.1) is 11.8 Å². The summed E-state index contributed by atoms with van der Waals surface area (Å²) in [4.78, 5) is 17.9. The van der Waals surface area contributed by atoms with E-state index in [0.29, 0.717) is 0 Å². The number of nitriles is 1. The van der Waals surface area contributed by atoms with Gasteiger partial charge in [-0.2, -0.15) is 5.26 Å². The minimum Gasteiger partial charge on any atom is -0.343 e. The molecule has 1 heterocycles. The highest BCUT2D eigenvalue weighted by Crippen LogP contribution is 2.47. The van der Waals surface area contributed by atoms with Crippen molar-refractivity contribution < 1.29 is 13.6 Å². The van der Waals surface area contributed by atoms with Crippen LogP contribution in [0, 0.1) is 17.2 Å². The van der Waals surface area contributed by atoms with Crippen LogP contribution in [0.4, 0.5) is 8.78 Å². The number of carbonyl (C=O) groups is 1. The van der Waals surface area contributed by atoms with Crippen LogP contribution in [-0.4, -0.2) is 23.4 Å². The van der Waals surface area contributed by atoms with E-state index in [1.807, 2.05) is 54.6 Å². The molecule has 7 heteroatoms. The van der Waals surface area contributed by atoms with Gasteiger partial charge in [0.2, 0.25) is 11.8 Å². The summed E-state index contributed by atoms with van der Waals surface area (Å²) in [5.74, 6) is -3.74. The summed E-state index contributed by atoms with van der Waals surface area (Å²) < 4.78 is 28.5. The first-order chi connectivity index (χ1) is 16.5. The minimum absolute atomic E-state index is 0.187. The second-order valence-corrected chi connectivity index (χ2v) is 9.49. The lowest BCUT2D eigenvalue weighted by atomic mass is 9.72. The van der Waals surface area contributed by atoms with Crippen molar-refractivity contribution in [1.29, 1.82) is 5.26 Å². The maximum Gasteiger partial charge on any atom is 0.249 e. The number of hydrogen-bond acceptors (Lipinski definition) is 4. The van der Waals surface area contributed by atoms with Crippen molar-refractivity contribution >= 4 is 17.7 Å². The molecule has 0 saturated heterocycles. The van der Waals surface area contributed by atoms with Gasteiger partial charge in [0.05, 0.1) is 12.0 Å². The number of halogens is 2. The Kier molecular flexibility index (Phi) is 7.59. The third-order valence-corrected chi connectivity index (χ3v) is 7.27.